The van der Waals surface area contributed by atoms with Gasteiger partial charge in [-0.05, 0) is 48.9 Å². The minimum Gasteiger partial charge on any atom is -0.467 e. The van der Waals surface area contributed by atoms with Gasteiger partial charge >= 0.3 is 0 Å². The first kappa shape index (κ1) is 21.4. The quantitative estimate of drug-likeness (QED) is 0.349. The maximum atomic E-state index is 13.4. The number of rotatable bonds is 6. The van der Waals surface area contributed by atoms with Crippen LogP contribution in [0.3, 0.4) is 0 Å². The van der Waals surface area contributed by atoms with E-state index in [0.717, 1.165) is 11.3 Å². The molecule has 33 heavy (non-hydrogen) atoms. The van der Waals surface area contributed by atoms with Crippen molar-refractivity contribution in [2.75, 3.05) is 0 Å². The zero-order valence-electron chi connectivity index (χ0n) is 17.5. The van der Waals surface area contributed by atoms with Gasteiger partial charge in [-0.2, -0.15) is 5.10 Å². The second-order valence-corrected chi connectivity index (χ2v) is 9.08. The SMILES string of the molecule is C[C@@H](Sc1nnc(-c2cccnc2)o1)C(=O)N1N=C(c2ccc(Cl)cc2)C[C@@H]1c1ccco1. The molecule has 2 atom stereocenters. The molecule has 5 rings (SSSR count). The number of carbonyl (C=O) groups is 1. The minimum absolute atomic E-state index is 0.188. The van der Waals surface area contributed by atoms with Crippen LogP contribution in [0.5, 0.6) is 0 Å². The van der Waals surface area contributed by atoms with Crippen LogP contribution in [0.4, 0.5) is 0 Å². The molecule has 1 amide bonds. The predicted octanol–water partition coefficient (Wildman–Crippen LogP) is 5.24. The molecule has 1 aliphatic rings. The summed E-state index contributed by atoms with van der Waals surface area (Å²) < 4.78 is 11.3. The van der Waals surface area contributed by atoms with Gasteiger partial charge in [-0.15, -0.1) is 10.2 Å². The zero-order chi connectivity index (χ0) is 22.8. The molecule has 166 valence electrons. The molecule has 0 spiro atoms. The van der Waals surface area contributed by atoms with Gasteiger partial charge in [0.05, 0.1) is 22.8 Å². The van der Waals surface area contributed by atoms with E-state index in [1.807, 2.05) is 24.3 Å². The highest BCUT2D eigenvalue weighted by Gasteiger charge is 2.37. The Labute approximate surface area is 198 Å². The molecule has 0 N–H and O–H groups in total. The van der Waals surface area contributed by atoms with Crippen molar-refractivity contribution in [1.29, 1.82) is 0 Å². The third-order valence-corrected chi connectivity index (χ3v) is 6.30. The summed E-state index contributed by atoms with van der Waals surface area (Å²) in [7, 11) is 0. The van der Waals surface area contributed by atoms with Crippen molar-refractivity contribution >= 4 is 35.0 Å². The number of benzene rings is 1. The predicted molar refractivity (Wildman–Crippen MR) is 124 cm³/mol. The fourth-order valence-corrected chi connectivity index (χ4v) is 4.34. The third-order valence-electron chi connectivity index (χ3n) is 5.13. The van der Waals surface area contributed by atoms with Crippen LogP contribution in [0.2, 0.25) is 5.02 Å². The Morgan fingerprint density at radius 1 is 1.15 bits per heavy atom. The highest BCUT2D eigenvalue weighted by atomic mass is 35.5. The van der Waals surface area contributed by atoms with Crippen LogP contribution in [-0.2, 0) is 4.79 Å². The van der Waals surface area contributed by atoms with Crippen LogP contribution in [0, 0.1) is 0 Å². The van der Waals surface area contributed by atoms with Crippen molar-refractivity contribution in [2.24, 2.45) is 5.10 Å². The number of nitrogens with zero attached hydrogens (tertiary/aromatic N) is 5. The van der Waals surface area contributed by atoms with E-state index in [4.69, 9.17) is 20.4 Å². The van der Waals surface area contributed by atoms with Crippen LogP contribution in [0.15, 0.2) is 86.3 Å². The Kier molecular flexibility index (Phi) is 5.97. The molecule has 0 saturated heterocycles. The lowest BCUT2D eigenvalue weighted by atomic mass is 10.0. The summed E-state index contributed by atoms with van der Waals surface area (Å²) in [6.45, 7) is 1.79. The van der Waals surface area contributed by atoms with E-state index < -0.39 is 5.25 Å². The van der Waals surface area contributed by atoms with Gasteiger partial charge in [-0.1, -0.05) is 35.5 Å². The summed E-state index contributed by atoms with van der Waals surface area (Å²) in [5.41, 5.74) is 2.41. The number of hydrazone groups is 1. The first-order chi connectivity index (χ1) is 16.1. The highest BCUT2D eigenvalue weighted by Crippen LogP contribution is 2.36. The van der Waals surface area contributed by atoms with Crippen molar-refractivity contribution in [3.05, 3.63) is 83.5 Å². The number of halogens is 1. The van der Waals surface area contributed by atoms with Crippen molar-refractivity contribution in [1.82, 2.24) is 20.2 Å². The Hall–Kier alpha value is -3.43. The average Bonchev–Trinajstić information content (AvgIpc) is 3.60. The monoisotopic (exact) mass is 479 g/mol. The highest BCUT2D eigenvalue weighted by molar-refractivity contribution is 8.00. The van der Waals surface area contributed by atoms with Crippen molar-refractivity contribution in [3.8, 4) is 11.5 Å². The van der Waals surface area contributed by atoms with Crippen molar-refractivity contribution < 1.29 is 13.6 Å². The molecule has 0 radical (unpaired) electrons. The van der Waals surface area contributed by atoms with Gasteiger partial charge < -0.3 is 8.83 Å². The van der Waals surface area contributed by atoms with E-state index >= 15 is 0 Å². The van der Waals surface area contributed by atoms with Gasteiger partial charge in [0, 0.05) is 23.8 Å². The van der Waals surface area contributed by atoms with E-state index in [-0.39, 0.29) is 11.9 Å². The van der Waals surface area contributed by atoms with Gasteiger partial charge in [0.25, 0.3) is 11.1 Å². The van der Waals surface area contributed by atoms with Gasteiger partial charge in [-0.3, -0.25) is 9.78 Å². The zero-order valence-corrected chi connectivity index (χ0v) is 19.0. The lowest BCUT2D eigenvalue weighted by Gasteiger charge is -2.22. The standard InChI is InChI=1S/C23H18ClN5O3S/c1-14(33-23-27-26-21(32-23)16-4-2-10-25-13-16)22(30)29-19(20-5-3-11-31-20)12-18(28-29)15-6-8-17(24)9-7-15/h2-11,13-14,19H,12H2,1H3/t14-,19-/m1/s1. The molecule has 4 heterocycles. The van der Waals surface area contributed by atoms with Crippen LogP contribution >= 0.6 is 23.4 Å². The molecule has 1 aromatic carbocycles. The van der Waals surface area contributed by atoms with E-state index in [2.05, 4.69) is 20.3 Å². The number of aromatic nitrogens is 3. The Morgan fingerprint density at radius 3 is 2.73 bits per heavy atom. The lowest BCUT2D eigenvalue weighted by molar-refractivity contribution is -0.132. The maximum Gasteiger partial charge on any atom is 0.277 e. The fraction of sp³-hybridized carbons (Fsp3) is 0.174. The van der Waals surface area contributed by atoms with Crippen LogP contribution in [0.1, 0.15) is 30.7 Å². The number of thioether (sulfide) groups is 1. The maximum absolute atomic E-state index is 13.4. The number of carbonyl (C=O) groups excluding carboxylic acids is 1. The molecule has 3 aromatic heterocycles. The Bertz CT molecular complexity index is 1280. The van der Waals surface area contributed by atoms with Gasteiger partial charge in [-0.25, -0.2) is 5.01 Å². The van der Waals surface area contributed by atoms with Crippen molar-refractivity contribution in [3.63, 3.8) is 0 Å². The number of pyridine rings is 1. The average molecular weight is 480 g/mol. The fourth-order valence-electron chi connectivity index (χ4n) is 3.48. The molecule has 0 bridgehead atoms. The Morgan fingerprint density at radius 2 is 2.00 bits per heavy atom. The summed E-state index contributed by atoms with van der Waals surface area (Å²) >= 11 is 7.20. The molecule has 0 unspecified atom stereocenters. The normalized spacial score (nSPS) is 16.6. The summed E-state index contributed by atoms with van der Waals surface area (Å²) in [6, 6.07) is 14.3. The van der Waals surface area contributed by atoms with Gasteiger partial charge in [0.1, 0.15) is 11.8 Å². The smallest absolute Gasteiger partial charge is 0.277 e. The summed E-state index contributed by atoms with van der Waals surface area (Å²) in [5.74, 6) is 0.833. The third kappa shape index (κ3) is 4.55. The van der Waals surface area contributed by atoms with E-state index in [1.165, 1.54) is 16.8 Å². The second kappa shape index (κ2) is 9.21. The minimum atomic E-state index is -0.516. The largest absolute Gasteiger partial charge is 0.467 e. The van der Waals surface area contributed by atoms with Crippen LogP contribution < -0.4 is 0 Å². The van der Waals surface area contributed by atoms with E-state index in [1.54, 1.807) is 49.8 Å². The first-order valence-electron chi connectivity index (χ1n) is 10.2. The van der Waals surface area contributed by atoms with E-state index in [0.29, 0.717) is 33.9 Å². The second-order valence-electron chi connectivity index (χ2n) is 7.35. The molecule has 4 aromatic rings. The van der Waals surface area contributed by atoms with Gasteiger partial charge in [0.2, 0.25) is 5.89 Å². The number of furan rings is 1. The van der Waals surface area contributed by atoms with Crippen LogP contribution in [-0.4, -0.2) is 37.1 Å². The molecule has 8 nitrogen and oxygen atoms in total. The number of amides is 1. The first-order valence-corrected chi connectivity index (χ1v) is 11.4. The lowest BCUT2D eigenvalue weighted by Crippen LogP contribution is -2.33. The topological polar surface area (TPSA) is 97.6 Å². The molecule has 1 aliphatic heterocycles. The van der Waals surface area contributed by atoms with Crippen molar-refractivity contribution in [2.45, 2.75) is 29.9 Å². The summed E-state index contributed by atoms with van der Waals surface area (Å²) in [4.78, 5) is 17.5. The number of hydrogen-bond acceptors (Lipinski definition) is 8. The summed E-state index contributed by atoms with van der Waals surface area (Å²) in [6.07, 6.45) is 5.43. The number of hydrogen-bond donors (Lipinski definition) is 0. The van der Waals surface area contributed by atoms with E-state index in [9.17, 15) is 4.79 Å². The molecular weight excluding hydrogens is 462 g/mol. The van der Waals surface area contributed by atoms with Gasteiger partial charge in [0.15, 0.2) is 0 Å². The Balaban J connectivity index is 1.36. The molecule has 10 heteroatoms. The molecular formula is C23H18ClN5O3S. The molecule has 0 saturated carbocycles. The summed E-state index contributed by atoms with van der Waals surface area (Å²) in [5, 5.41) is 14.7. The molecule has 0 aliphatic carbocycles. The molecule has 0 fully saturated rings. The van der Waals surface area contributed by atoms with Crippen LogP contribution in [0.25, 0.3) is 11.5 Å².